The van der Waals surface area contributed by atoms with Crippen LogP contribution in [0.1, 0.15) is 43.6 Å². The Balaban J connectivity index is 1.31. The first-order valence-electron chi connectivity index (χ1n) is 11.3. The number of rotatable bonds is 8. The van der Waals surface area contributed by atoms with E-state index in [9.17, 15) is 14.3 Å². The number of nitrogens with zero attached hydrogens (tertiary/aromatic N) is 3. The van der Waals surface area contributed by atoms with E-state index in [1.165, 1.54) is 25.0 Å². The molecule has 0 spiro atoms. The number of carbonyl (C=O) groups is 1. The van der Waals surface area contributed by atoms with Crippen LogP contribution in [0, 0.1) is 5.82 Å². The molecule has 0 saturated carbocycles. The number of likely N-dealkylation sites (tertiary alicyclic amines) is 1. The Morgan fingerprint density at radius 3 is 2.47 bits per heavy atom. The van der Waals surface area contributed by atoms with Gasteiger partial charge in [-0.25, -0.2) is 0 Å². The molecule has 1 amide bonds. The van der Waals surface area contributed by atoms with Gasteiger partial charge in [-0.15, -0.1) is 0 Å². The molecule has 162 valence electrons. The van der Waals surface area contributed by atoms with Crippen molar-refractivity contribution in [3.8, 4) is 0 Å². The molecule has 1 N–H and O–H groups in total. The van der Waals surface area contributed by atoms with E-state index in [0.717, 1.165) is 44.5 Å². The summed E-state index contributed by atoms with van der Waals surface area (Å²) in [6.45, 7) is 3.83. The molecular weight excluding hydrogens is 396 g/mol. The first-order chi connectivity index (χ1) is 14.4. The fourth-order valence-electron chi connectivity index (χ4n) is 5.71. The van der Waals surface area contributed by atoms with Gasteiger partial charge < -0.3 is 5.11 Å². The number of aliphatic hydroxyl groups is 1. The fourth-order valence-corrected chi connectivity index (χ4v) is 6.12. The average molecular weight is 430 g/mol. The third kappa shape index (κ3) is 4.87. The van der Waals surface area contributed by atoms with Gasteiger partial charge in [-0.1, -0.05) is 0 Å². The molecule has 30 heavy (non-hydrogen) atoms. The number of halogens is 1. The third-order valence-corrected chi connectivity index (χ3v) is 8.09. The summed E-state index contributed by atoms with van der Waals surface area (Å²) in [5.74, 6) is -0.0261. The maximum atomic E-state index is 13.4. The van der Waals surface area contributed by atoms with Gasteiger partial charge in [0.05, 0.1) is 6.10 Å². The zero-order chi connectivity index (χ0) is 21.3. The van der Waals surface area contributed by atoms with Gasteiger partial charge in [0.25, 0.3) is 0 Å². The van der Waals surface area contributed by atoms with Crippen LogP contribution in [0.5, 0.6) is 0 Å². The van der Waals surface area contributed by atoms with E-state index < -0.39 is 14.8 Å². The van der Waals surface area contributed by atoms with Gasteiger partial charge in [-0.3, -0.25) is 0 Å². The van der Waals surface area contributed by atoms with Crippen molar-refractivity contribution >= 4 is 24.9 Å². The number of hydrogen-bond donors (Lipinski definition) is 1. The normalized spacial score (nSPS) is 28.0. The second-order valence-electron chi connectivity index (χ2n) is 9.33. The van der Waals surface area contributed by atoms with Crippen molar-refractivity contribution in [2.24, 2.45) is 0 Å². The van der Waals surface area contributed by atoms with Crippen LogP contribution in [0.2, 0.25) is 0 Å². The van der Waals surface area contributed by atoms with Crippen LogP contribution in [0.25, 0.3) is 0 Å². The molecular formula is C23H33AlFN3O2. The topological polar surface area (TPSA) is 47.0 Å². The number of hydrogen-bond acceptors (Lipinski definition) is 4. The molecule has 1 aromatic carbocycles. The number of piperidine rings is 1. The fraction of sp³-hybridized carbons (Fsp3) is 0.652. The molecule has 3 saturated heterocycles. The van der Waals surface area contributed by atoms with Crippen molar-refractivity contribution in [1.29, 1.82) is 0 Å². The van der Waals surface area contributed by atoms with Gasteiger partial charge >= 0.3 is 174 Å². The zero-order valence-corrected chi connectivity index (χ0v) is 19.1. The first-order valence-corrected chi connectivity index (χ1v) is 12.6. The summed E-state index contributed by atoms with van der Waals surface area (Å²) < 4.78 is 13.5. The summed E-state index contributed by atoms with van der Waals surface area (Å²) in [5.41, 5.74) is 1.09. The van der Waals surface area contributed by atoms with E-state index in [0.29, 0.717) is 24.7 Å². The van der Waals surface area contributed by atoms with Crippen LogP contribution in [-0.2, 0) is 0 Å². The minimum atomic E-state index is -0.464. The van der Waals surface area contributed by atoms with Crippen LogP contribution >= 0.6 is 0 Å². The van der Waals surface area contributed by atoms with E-state index in [2.05, 4.69) is 15.2 Å². The molecule has 2 bridgehead atoms. The van der Waals surface area contributed by atoms with Crippen LogP contribution < -0.4 is 0 Å². The SMILES string of the molecule is [CH2]=[Al][C](=O)N(C)CC(CCN1CC(N2C3CCC2CC(O)C3)C1)c1ccc(F)cc1. The third-order valence-electron chi connectivity index (χ3n) is 7.30. The molecule has 3 heterocycles. The van der Waals surface area contributed by atoms with Gasteiger partial charge in [0.1, 0.15) is 0 Å². The van der Waals surface area contributed by atoms with E-state index in [1.807, 2.05) is 19.2 Å². The number of benzene rings is 1. The number of aliphatic hydroxyl groups excluding tert-OH is 1. The first kappa shape index (κ1) is 22.1. The van der Waals surface area contributed by atoms with Crippen LogP contribution in [-0.4, -0.2) is 102 Å². The van der Waals surface area contributed by atoms with E-state index >= 15 is 0 Å². The van der Waals surface area contributed by atoms with Gasteiger partial charge in [-0.2, -0.15) is 0 Å². The Kier molecular flexibility index (Phi) is 7.06. The van der Waals surface area contributed by atoms with Crippen molar-refractivity contribution in [2.45, 2.75) is 62.3 Å². The molecule has 0 radical (unpaired) electrons. The Morgan fingerprint density at radius 1 is 1.23 bits per heavy atom. The molecule has 0 aromatic heterocycles. The van der Waals surface area contributed by atoms with Gasteiger partial charge in [0.2, 0.25) is 0 Å². The van der Waals surface area contributed by atoms with Crippen molar-refractivity contribution in [3.63, 3.8) is 0 Å². The van der Waals surface area contributed by atoms with Gasteiger partial charge in [0, 0.05) is 0 Å². The van der Waals surface area contributed by atoms with Crippen LogP contribution in [0.4, 0.5) is 9.18 Å². The summed E-state index contributed by atoms with van der Waals surface area (Å²) in [6, 6.07) is 8.49. The quantitative estimate of drug-likeness (QED) is 0.644. The van der Waals surface area contributed by atoms with Crippen LogP contribution in [0.15, 0.2) is 24.3 Å². The molecule has 5 nitrogen and oxygen atoms in total. The molecule has 3 aliphatic rings. The average Bonchev–Trinajstić information content (AvgIpc) is 2.95. The van der Waals surface area contributed by atoms with Crippen molar-refractivity contribution in [3.05, 3.63) is 35.6 Å². The summed E-state index contributed by atoms with van der Waals surface area (Å²) >= 11 is -0.464. The van der Waals surface area contributed by atoms with E-state index in [-0.39, 0.29) is 22.6 Å². The number of fused-ring (bicyclic) bond motifs is 2. The summed E-state index contributed by atoms with van der Waals surface area (Å²) in [6.07, 6.45) is 5.20. The standard InChI is InChI=1S/C22H31FN3O2.CH2.Al/c1-24(15-27)12-17(16-2-4-18(23)5-3-16)8-9-25-13-21(14-25)26-19-6-7-20(26)11-22(28)10-19;;/h2-5,17,19-22,28H,6-14H2,1H3;1H2;. The predicted molar refractivity (Wildman–Crippen MR) is 119 cm³/mol. The molecule has 7 heteroatoms. The Labute approximate surface area is 185 Å². The minimum absolute atomic E-state index is 0.105. The van der Waals surface area contributed by atoms with E-state index in [1.54, 1.807) is 4.90 Å². The second kappa shape index (κ2) is 9.58. The van der Waals surface area contributed by atoms with E-state index in [4.69, 9.17) is 0 Å². The molecule has 3 unspecified atom stereocenters. The Hall–Kier alpha value is -1.10. The second-order valence-corrected chi connectivity index (χ2v) is 10.2. The number of amides is 1. The number of carbonyl (C=O) groups excluding carboxylic acids is 1. The molecule has 0 aliphatic carbocycles. The summed E-state index contributed by atoms with van der Waals surface area (Å²) in [7, 11) is 1.84. The molecule has 1 aromatic rings. The molecule has 3 aliphatic heterocycles. The van der Waals surface area contributed by atoms with Gasteiger partial charge in [0.15, 0.2) is 0 Å². The van der Waals surface area contributed by atoms with Crippen molar-refractivity contribution < 1.29 is 14.3 Å². The van der Waals surface area contributed by atoms with Crippen molar-refractivity contribution in [2.75, 3.05) is 33.2 Å². The van der Waals surface area contributed by atoms with Gasteiger partial charge in [-0.05, 0) is 0 Å². The van der Waals surface area contributed by atoms with Crippen LogP contribution in [0.3, 0.4) is 0 Å². The zero-order valence-electron chi connectivity index (χ0n) is 17.9. The molecule has 3 atom stereocenters. The monoisotopic (exact) mass is 429 g/mol. The van der Waals surface area contributed by atoms with Crippen molar-refractivity contribution in [1.82, 2.24) is 14.7 Å². The Morgan fingerprint density at radius 2 is 1.87 bits per heavy atom. The predicted octanol–water partition coefficient (Wildman–Crippen LogP) is 2.16. The molecule has 3 fully saturated rings. The summed E-state index contributed by atoms with van der Waals surface area (Å²) in [4.78, 5) is 19.0. The Bertz CT molecular complexity index is 741. The maximum absolute atomic E-state index is 13.4. The summed E-state index contributed by atoms with van der Waals surface area (Å²) in [5, 5.41) is 13.8. The number of likely N-dealkylation sites (N-methyl/N-ethyl adjacent to an activating group) is 1. The molecule has 4 rings (SSSR count).